The molecule has 3 nitrogen and oxygen atoms in total. The molecule has 2 aromatic rings. The first-order valence-electron chi connectivity index (χ1n) is 6.25. The van der Waals surface area contributed by atoms with E-state index in [-0.39, 0.29) is 24.8 Å². The number of hydrogen-bond acceptors (Lipinski definition) is 2. The average Bonchev–Trinajstić information content (AvgIpc) is 2.44. The third-order valence-corrected chi connectivity index (χ3v) is 3.31. The second kappa shape index (κ2) is 7.41. The van der Waals surface area contributed by atoms with Crippen LogP contribution < -0.4 is 10.6 Å². The molecule has 0 saturated heterocycles. The van der Waals surface area contributed by atoms with Crippen LogP contribution in [0.3, 0.4) is 0 Å². The van der Waals surface area contributed by atoms with E-state index in [9.17, 15) is 9.18 Å². The molecular formula is C15H13Cl2FN2O. The molecule has 6 heteroatoms. The molecule has 21 heavy (non-hydrogen) atoms. The third kappa shape index (κ3) is 4.70. The van der Waals surface area contributed by atoms with Crippen molar-refractivity contribution in [1.82, 2.24) is 5.32 Å². The number of carbonyl (C=O) groups excluding carboxylic acids is 1. The molecule has 2 aromatic carbocycles. The largest absolute Gasteiger partial charge is 0.324 e. The van der Waals surface area contributed by atoms with Crippen molar-refractivity contribution in [3.8, 4) is 0 Å². The van der Waals surface area contributed by atoms with E-state index < -0.39 is 0 Å². The molecule has 0 spiro atoms. The summed E-state index contributed by atoms with van der Waals surface area (Å²) in [4.78, 5) is 11.8. The summed E-state index contributed by atoms with van der Waals surface area (Å²) in [6.45, 7) is 0.321. The molecule has 0 heterocycles. The van der Waals surface area contributed by atoms with Crippen molar-refractivity contribution < 1.29 is 9.18 Å². The molecule has 0 radical (unpaired) electrons. The van der Waals surface area contributed by atoms with E-state index in [1.165, 1.54) is 6.07 Å². The van der Waals surface area contributed by atoms with E-state index in [4.69, 9.17) is 23.2 Å². The van der Waals surface area contributed by atoms with Crippen molar-refractivity contribution in [2.24, 2.45) is 0 Å². The molecule has 0 fully saturated rings. The highest BCUT2D eigenvalue weighted by Crippen LogP contribution is 2.25. The minimum absolute atomic E-state index is 0.0489. The summed E-state index contributed by atoms with van der Waals surface area (Å²) in [5, 5.41) is 6.39. The lowest BCUT2D eigenvalue weighted by atomic mass is 10.2. The maximum Gasteiger partial charge on any atom is 0.238 e. The number of rotatable bonds is 5. The zero-order valence-electron chi connectivity index (χ0n) is 11.0. The van der Waals surface area contributed by atoms with Crippen LogP contribution in [0.15, 0.2) is 42.5 Å². The molecule has 0 aliphatic carbocycles. The maximum absolute atomic E-state index is 13.4. The summed E-state index contributed by atoms with van der Waals surface area (Å²) < 4.78 is 13.4. The molecule has 0 aliphatic rings. The van der Waals surface area contributed by atoms with Gasteiger partial charge in [0, 0.05) is 17.1 Å². The van der Waals surface area contributed by atoms with Crippen LogP contribution in [0.1, 0.15) is 5.56 Å². The van der Waals surface area contributed by atoms with Gasteiger partial charge in [-0.2, -0.15) is 0 Å². The summed E-state index contributed by atoms with van der Waals surface area (Å²) in [5.74, 6) is -0.568. The molecule has 2 N–H and O–H groups in total. The standard InChI is InChI=1S/C15H13Cl2FN2O/c16-11-5-6-14(12(17)7-11)20-15(21)9-19-8-10-3-1-2-4-13(10)18/h1-7,19H,8-9H2,(H,20,21). The maximum atomic E-state index is 13.4. The Morgan fingerprint density at radius 1 is 1.14 bits per heavy atom. The summed E-state index contributed by atoms with van der Waals surface area (Å²) >= 11 is 11.7. The average molecular weight is 327 g/mol. The Balaban J connectivity index is 1.84. The quantitative estimate of drug-likeness (QED) is 0.875. The highest BCUT2D eigenvalue weighted by atomic mass is 35.5. The molecule has 0 aromatic heterocycles. The van der Waals surface area contributed by atoms with Gasteiger partial charge in [-0.15, -0.1) is 0 Å². The van der Waals surface area contributed by atoms with Gasteiger partial charge in [-0.3, -0.25) is 4.79 Å². The molecule has 0 aliphatic heterocycles. The van der Waals surface area contributed by atoms with Crippen LogP contribution in [0.2, 0.25) is 10.0 Å². The molecule has 0 saturated carbocycles. The van der Waals surface area contributed by atoms with Gasteiger partial charge in [0.25, 0.3) is 0 Å². The second-order valence-electron chi connectivity index (χ2n) is 4.37. The predicted octanol–water partition coefficient (Wildman–Crippen LogP) is 3.86. The summed E-state index contributed by atoms with van der Waals surface area (Å²) in [6.07, 6.45) is 0. The van der Waals surface area contributed by atoms with Crippen LogP contribution in [0, 0.1) is 5.82 Å². The van der Waals surface area contributed by atoms with Crippen LogP contribution in [0.25, 0.3) is 0 Å². The van der Waals surface area contributed by atoms with Crippen LogP contribution in [-0.4, -0.2) is 12.5 Å². The van der Waals surface area contributed by atoms with Gasteiger partial charge >= 0.3 is 0 Å². The first-order valence-corrected chi connectivity index (χ1v) is 7.01. The number of halogens is 3. The molecule has 0 atom stereocenters. The first-order chi connectivity index (χ1) is 10.1. The lowest BCUT2D eigenvalue weighted by molar-refractivity contribution is -0.115. The Labute approximate surface area is 132 Å². The van der Waals surface area contributed by atoms with Gasteiger partial charge in [0.05, 0.1) is 17.3 Å². The van der Waals surface area contributed by atoms with Crippen molar-refractivity contribution in [2.75, 3.05) is 11.9 Å². The van der Waals surface area contributed by atoms with Gasteiger partial charge in [-0.25, -0.2) is 4.39 Å². The van der Waals surface area contributed by atoms with Crippen molar-refractivity contribution in [1.29, 1.82) is 0 Å². The van der Waals surface area contributed by atoms with E-state index in [0.717, 1.165) is 0 Å². The lowest BCUT2D eigenvalue weighted by Crippen LogP contribution is -2.28. The van der Waals surface area contributed by atoms with Crippen molar-refractivity contribution in [2.45, 2.75) is 6.54 Å². The number of benzene rings is 2. The molecule has 0 unspecified atom stereocenters. The van der Waals surface area contributed by atoms with E-state index >= 15 is 0 Å². The third-order valence-electron chi connectivity index (χ3n) is 2.76. The minimum atomic E-state index is -0.300. The Hall–Kier alpha value is -1.62. The van der Waals surface area contributed by atoms with Gasteiger partial charge in [0.1, 0.15) is 5.82 Å². The van der Waals surface area contributed by atoms with E-state index in [0.29, 0.717) is 21.3 Å². The number of nitrogens with one attached hydrogen (secondary N) is 2. The number of anilines is 1. The van der Waals surface area contributed by atoms with Crippen LogP contribution in [-0.2, 0) is 11.3 Å². The molecule has 110 valence electrons. The van der Waals surface area contributed by atoms with Gasteiger partial charge in [0.2, 0.25) is 5.91 Å². The summed E-state index contributed by atoms with van der Waals surface area (Å²) in [6, 6.07) is 11.2. The number of carbonyl (C=O) groups is 1. The molecular weight excluding hydrogens is 314 g/mol. The van der Waals surface area contributed by atoms with Crippen LogP contribution >= 0.6 is 23.2 Å². The Bertz CT molecular complexity index is 649. The topological polar surface area (TPSA) is 41.1 Å². The molecule has 1 amide bonds. The monoisotopic (exact) mass is 326 g/mol. The fourth-order valence-corrected chi connectivity index (χ4v) is 2.19. The van der Waals surface area contributed by atoms with Crippen LogP contribution in [0.5, 0.6) is 0 Å². The summed E-state index contributed by atoms with van der Waals surface area (Å²) in [5.41, 5.74) is 0.994. The van der Waals surface area contributed by atoms with Crippen molar-refractivity contribution in [3.05, 3.63) is 63.9 Å². The zero-order chi connectivity index (χ0) is 15.2. The van der Waals surface area contributed by atoms with E-state index in [2.05, 4.69) is 10.6 Å². The first kappa shape index (κ1) is 15.8. The fourth-order valence-electron chi connectivity index (χ4n) is 1.74. The number of hydrogen-bond donors (Lipinski definition) is 2. The van der Waals surface area contributed by atoms with Gasteiger partial charge in [0.15, 0.2) is 0 Å². The summed E-state index contributed by atoms with van der Waals surface area (Å²) in [7, 11) is 0. The highest BCUT2D eigenvalue weighted by Gasteiger charge is 2.07. The smallest absolute Gasteiger partial charge is 0.238 e. The predicted molar refractivity (Wildman–Crippen MR) is 83.2 cm³/mol. The minimum Gasteiger partial charge on any atom is -0.324 e. The van der Waals surface area contributed by atoms with Crippen molar-refractivity contribution >= 4 is 34.8 Å². The molecule has 0 bridgehead atoms. The van der Waals surface area contributed by atoms with E-state index in [1.807, 2.05) is 0 Å². The van der Waals surface area contributed by atoms with Crippen molar-refractivity contribution in [3.63, 3.8) is 0 Å². The zero-order valence-corrected chi connectivity index (χ0v) is 12.5. The van der Waals surface area contributed by atoms with Gasteiger partial charge < -0.3 is 10.6 Å². The fraction of sp³-hybridized carbons (Fsp3) is 0.133. The second-order valence-corrected chi connectivity index (χ2v) is 5.21. The Morgan fingerprint density at radius 3 is 2.62 bits per heavy atom. The van der Waals surface area contributed by atoms with Gasteiger partial charge in [-0.1, -0.05) is 41.4 Å². The lowest BCUT2D eigenvalue weighted by Gasteiger charge is -2.09. The Morgan fingerprint density at radius 2 is 1.90 bits per heavy atom. The normalized spacial score (nSPS) is 10.4. The SMILES string of the molecule is O=C(CNCc1ccccc1F)Nc1ccc(Cl)cc1Cl. The molecule has 2 rings (SSSR count). The van der Waals surface area contributed by atoms with Gasteiger partial charge in [-0.05, 0) is 24.3 Å². The number of amides is 1. The van der Waals surface area contributed by atoms with E-state index in [1.54, 1.807) is 36.4 Å². The van der Waals surface area contributed by atoms with Crippen LogP contribution in [0.4, 0.5) is 10.1 Å². The highest BCUT2D eigenvalue weighted by molar-refractivity contribution is 6.36. The Kier molecular flexibility index (Phi) is 5.56.